The van der Waals surface area contributed by atoms with Crippen LogP contribution in [0.15, 0.2) is 29.4 Å². The van der Waals surface area contributed by atoms with E-state index in [1.54, 1.807) is 24.3 Å². The fourth-order valence-corrected chi connectivity index (χ4v) is 1.91. The molecular formula is C16H26N2O3. The largest absolute Gasteiger partial charge is 0.491 e. The molecule has 0 amide bonds. The van der Waals surface area contributed by atoms with Crippen LogP contribution in [-0.4, -0.2) is 30.9 Å². The highest BCUT2D eigenvalue weighted by Crippen LogP contribution is 2.12. The van der Waals surface area contributed by atoms with Gasteiger partial charge in [0.2, 0.25) is 0 Å². The van der Waals surface area contributed by atoms with Crippen LogP contribution in [-0.2, 0) is 4.74 Å². The molecule has 1 aromatic rings. The van der Waals surface area contributed by atoms with Gasteiger partial charge < -0.3 is 20.4 Å². The van der Waals surface area contributed by atoms with Crippen LogP contribution in [0.4, 0.5) is 0 Å². The first-order valence-electron chi connectivity index (χ1n) is 7.56. The Labute approximate surface area is 126 Å². The van der Waals surface area contributed by atoms with E-state index in [1.807, 2.05) is 0 Å². The Balaban J connectivity index is 2.08. The van der Waals surface area contributed by atoms with Gasteiger partial charge in [0, 0.05) is 12.2 Å². The molecule has 0 fully saturated rings. The van der Waals surface area contributed by atoms with Crippen LogP contribution in [0.25, 0.3) is 0 Å². The number of hydrogen-bond donors (Lipinski definition) is 2. The van der Waals surface area contributed by atoms with Crippen molar-refractivity contribution in [2.45, 2.75) is 39.0 Å². The highest BCUT2D eigenvalue weighted by atomic mass is 16.5. The summed E-state index contributed by atoms with van der Waals surface area (Å²) in [4.78, 5) is 0. The second kappa shape index (κ2) is 11.0. The van der Waals surface area contributed by atoms with Crippen LogP contribution in [0.5, 0.6) is 5.75 Å². The summed E-state index contributed by atoms with van der Waals surface area (Å²) in [6, 6.07) is 7.08. The molecule has 118 valence electrons. The third kappa shape index (κ3) is 7.56. The monoisotopic (exact) mass is 294 g/mol. The number of amidine groups is 1. The molecule has 0 aromatic heterocycles. The van der Waals surface area contributed by atoms with Gasteiger partial charge in [-0.2, -0.15) is 0 Å². The van der Waals surface area contributed by atoms with E-state index >= 15 is 0 Å². The summed E-state index contributed by atoms with van der Waals surface area (Å²) in [5, 5.41) is 11.5. The molecule has 3 N–H and O–H groups in total. The molecule has 0 saturated heterocycles. The van der Waals surface area contributed by atoms with Gasteiger partial charge in [0.15, 0.2) is 5.84 Å². The number of rotatable bonds is 11. The van der Waals surface area contributed by atoms with Gasteiger partial charge >= 0.3 is 0 Å². The van der Waals surface area contributed by atoms with E-state index in [-0.39, 0.29) is 5.84 Å². The van der Waals surface area contributed by atoms with Gasteiger partial charge in [-0.05, 0) is 30.7 Å². The summed E-state index contributed by atoms with van der Waals surface area (Å²) in [6.45, 7) is 4.13. The number of hydrogen-bond acceptors (Lipinski definition) is 4. The Morgan fingerprint density at radius 2 is 1.76 bits per heavy atom. The van der Waals surface area contributed by atoms with E-state index in [2.05, 4.69) is 12.1 Å². The predicted octanol–water partition coefficient (Wildman–Crippen LogP) is 3.15. The fourth-order valence-electron chi connectivity index (χ4n) is 1.91. The topological polar surface area (TPSA) is 77.1 Å². The average Bonchev–Trinajstić information content (AvgIpc) is 2.53. The summed E-state index contributed by atoms with van der Waals surface area (Å²) >= 11 is 0. The third-order valence-corrected chi connectivity index (χ3v) is 3.15. The summed E-state index contributed by atoms with van der Waals surface area (Å²) in [5.41, 5.74) is 6.14. The Kier molecular flexibility index (Phi) is 9.04. The Bertz CT molecular complexity index is 404. The molecule has 21 heavy (non-hydrogen) atoms. The Morgan fingerprint density at radius 3 is 2.43 bits per heavy atom. The molecule has 0 radical (unpaired) electrons. The molecule has 5 heteroatoms. The molecule has 0 aliphatic heterocycles. The van der Waals surface area contributed by atoms with Gasteiger partial charge in [0.25, 0.3) is 0 Å². The normalized spacial score (nSPS) is 11.6. The average molecular weight is 294 g/mol. The summed E-state index contributed by atoms with van der Waals surface area (Å²) < 4.78 is 11.1. The zero-order valence-electron chi connectivity index (χ0n) is 12.8. The first kappa shape index (κ1) is 17.3. The van der Waals surface area contributed by atoms with Gasteiger partial charge in [-0.25, -0.2) is 0 Å². The number of oxime groups is 1. The number of unbranched alkanes of at least 4 members (excludes halogenated alkanes) is 4. The third-order valence-electron chi connectivity index (χ3n) is 3.15. The van der Waals surface area contributed by atoms with Crippen LogP contribution >= 0.6 is 0 Å². The smallest absolute Gasteiger partial charge is 0.170 e. The molecule has 1 aromatic carbocycles. The van der Waals surface area contributed by atoms with Crippen molar-refractivity contribution in [2.24, 2.45) is 10.9 Å². The van der Waals surface area contributed by atoms with Crippen LogP contribution < -0.4 is 10.5 Å². The first-order valence-corrected chi connectivity index (χ1v) is 7.56. The van der Waals surface area contributed by atoms with E-state index < -0.39 is 0 Å². The second-order valence-electron chi connectivity index (χ2n) is 4.88. The molecule has 0 saturated carbocycles. The van der Waals surface area contributed by atoms with Crippen molar-refractivity contribution in [2.75, 3.05) is 19.8 Å². The van der Waals surface area contributed by atoms with Gasteiger partial charge in [0.05, 0.1) is 6.61 Å². The maximum atomic E-state index is 8.56. The fraction of sp³-hybridized carbons (Fsp3) is 0.562. The maximum Gasteiger partial charge on any atom is 0.170 e. The van der Waals surface area contributed by atoms with Crippen molar-refractivity contribution in [3.8, 4) is 5.75 Å². The van der Waals surface area contributed by atoms with Gasteiger partial charge in [0.1, 0.15) is 12.4 Å². The standard InChI is InChI=1S/C16H26N2O3/c1-2-3-4-5-6-11-20-12-13-21-15-9-7-14(8-10-15)16(17)18-19/h7-10,19H,2-6,11-13H2,1H3,(H2,17,18). The zero-order chi connectivity index (χ0) is 15.3. The molecule has 0 spiro atoms. The number of nitrogens with two attached hydrogens (primary N) is 1. The van der Waals surface area contributed by atoms with Crippen LogP contribution in [0.2, 0.25) is 0 Å². The molecule has 0 heterocycles. The molecule has 0 aliphatic carbocycles. The molecule has 0 atom stereocenters. The Hall–Kier alpha value is -1.75. The van der Waals surface area contributed by atoms with E-state index in [0.717, 1.165) is 18.8 Å². The minimum absolute atomic E-state index is 0.0907. The summed E-state index contributed by atoms with van der Waals surface area (Å²) in [5.74, 6) is 0.837. The van der Waals surface area contributed by atoms with Gasteiger partial charge in [-0.3, -0.25) is 0 Å². The lowest BCUT2D eigenvalue weighted by Gasteiger charge is -2.08. The second-order valence-corrected chi connectivity index (χ2v) is 4.88. The van der Waals surface area contributed by atoms with E-state index in [9.17, 15) is 0 Å². The molecule has 0 unspecified atom stereocenters. The molecule has 0 aliphatic rings. The number of benzene rings is 1. The van der Waals surface area contributed by atoms with Gasteiger partial charge in [-0.15, -0.1) is 0 Å². The van der Waals surface area contributed by atoms with Crippen molar-refractivity contribution in [1.82, 2.24) is 0 Å². The molecule has 1 rings (SSSR count). The van der Waals surface area contributed by atoms with E-state index in [4.69, 9.17) is 20.4 Å². The summed E-state index contributed by atoms with van der Waals surface area (Å²) in [6.07, 6.45) is 6.23. The van der Waals surface area contributed by atoms with Gasteiger partial charge in [-0.1, -0.05) is 37.8 Å². The van der Waals surface area contributed by atoms with Crippen LogP contribution in [0.1, 0.15) is 44.6 Å². The van der Waals surface area contributed by atoms with Crippen LogP contribution in [0, 0.1) is 0 Å². The lowest BCUT2D eigenvalue weighted by Crippen LogP contribution is -2.13. The predicted molar refractivity (Wildman–Crippen MR) is 84.0 cm³/mol. The van der Waals surface area contributed by atoms with Crippen molar-refractivity contribution >= 4 is 5.84 Å². The zero-order valence-corrected chi connectivity index (χ0v) is 12.8. The van der Waals surface area contributed by atoms with Crippen LogP contribution in [0.3, 0.4) is 0 Å². The highest BCUT2D eigenvalue weighted by molar-refractivity contribution is 5.97. The molecule has 5 nitrogen and oxygen atoms in total. The minimum atomic E-state index is 0.0907. The van der Waals surface area contributed by atoms with Crippen molar-refractivity contribution in [3.05, 3.63) is 29.8 Å². The summed E-state index contributed by atoms with van der Waals surface area (Å²) in [7, 11) is 0. The maximum absolute atomic E-state index is 8.56. The Morgan fingerprint density at radius 1 is 1.05 bits per heavy atom. The SMILES string of the molecule is CCCCCCCOCCOc1ccc(C(N)=NO)cc1. The van der Waals surface area contributed by atoms with Crippen molar-refractivity contribution in [1.29, 1.82) is 0 Å². The van der Waals surface area contributed by atoms with E-state index in [1.165, 1.54) is 25.7 Å². The first-order chi connectivity index (χ1) is 10.3. The number of ether oxygens (including phenoxy) is 2. The van der Waals surface area contributed by atoms with Crippen molar-refractivity contribution < 1.29 is 14.7 Å². The highest BCUT2D eigenvalue weighted by Gasteiger charge is 1.99. The number of nitrogens with zero attached hydrogens (tertiary/aromatic N) is 1. The van der Waals surface area contributed by atoms with E-state index in [0.29, 0.717) is 18.8 Å². The lowest BCUT2D eigenvalue weighted by molar-refractivity contribution is 0.0971. The molecule has 0 bridgehead atoms. The minimum Gasteiger partial charge on any atom is -0.491 e. The quantitative estimate of drug-likeness (QED) is 0.216. The lowest BCUT2D eigenvalue weighted by atomic mass is 10.2. The molecular weight excluding hydrogens is 268 g/mol. The van der Waals surface area contributed by atoms with Crippen molar-refractivity contribution in [3.63, 3.8) is 0 Å².